The molecule has 0 fully saturated rings. The molecule has 1 aromatic carbocycles. The summed E-state index contributed by atoms with van der Waals surface area (Å²) in [5.74, 6) is 0.519. The van der Waals surface area contributed by atoms with E-state index in [4.69, 9.17) is 4.74 Å². The van der Waals surface area contributed by atoms with Crippen LogP contribution >= 0.6 is 0 Å². The predicted molar refractivity (Wildman–Crippen MR) is 82.9 cm³/mol. The molecule has 0 saturated carbocycles. The molecule has 1 atom stereocenters. The summed E-state index contributed by atoms with van der Waals surface area (Å²) in [6.07, 6.45) is 0.747. The molecule has 1 rings (SSSR count). The van der Waals surface area contributed by atoms with Crippen LogP contribution in [0.5, 0.6) is 5.75 Å². The Hall–Kier alpha value is -1.11. The van der Waals surface area contributed by atoms with Gasteiger partial charge in [-0.3, -0.25) is 0 Å². The van der Waals surface area contributed by atoms with Gasteiger partial charge in [0.15, 0.2) is 0 Å². The zero-order valence-corrected chi connectivity index (χ0v) is 14.0. The van der Waals surface area contributed by atoms with E-state index < -0.39 is 10.0 Å². The van der Waals surface area contributed by atoms with Crippen LogP contribution in [0.2, 0.25) is 0 Å². The highest BCUT2D eigenvalue weighted by molar-refractivity contribution is 7.89. The van der Waals surface area contributed by atoms with Gasteiger partial charge >= 0.3 is 0 Å². The molecule has 5 nitrogen and oxygen atoms in total. The van der Waals surface area contributed by atoms with E-state index in [0.717, 1.165) is 6.42 Å². The number of sulfonamides is 1. The molecule has 0 spiro atoms. The second-order valence-electron chi connectivity index (χ2n) is 4.83. The lowest BCUT2D eigenvalue weighted by Crippen LogP contribution is -2.38. The quantitative estimate of drug-likeness (QED) is 0.800. The van der Waals surface area contributed by atoms with E-state index in [1.165, 1.54) is 16.4 Å². The molecule has 120 valence electrons. The van der Waals surface area contributed by atoms with Crippen molar-refractivity contribution in [3.8, 4) is 5.75 Å². The van der Waals surface area contributed by atoms with Gasteiger partial charge in [-0.15, -0.1) is 0 Å². The Morgan fingerprint density at radius 2 is 1.95 bits per heavy atom. The van der Waals surface area contributed by atoms with Gasteiger partial charge in [-0.2, -0.15) is 4.31 Å². The number of aliphatic hydroxyl groups excluding tert-OH is 1. The van der Waals surface area contributed by atoms with Crippen LogP contribution in [0.1, 0.15) is 39.7 Å². The molecule has 0 bridgehead atoms. The van der Waals surface area contributed by atoms with Crippen molar-refractivity contribution in [2.75, 3.05) is 13.2 Å². The number of nitrogens with zero attached hydrogens (tertiary/aromatic N) is 1. The van der Waals surface area contributed by atoms with Crippen molar-refractivity contribution in [1.82, 2.24) is 4.31 Å². The Bertz CT molecular complexity index is 557. The average molecular weight is 315 g/mol. The molecule has 0 aliphatic carbocycles. The lowest BCUT2D eigenvalue weighted by molar-refractivity contribution is 0.266. The lowest BCUT2D eigenvalue weighted by Gasteiger charge is -2.26. The molecule has 1 unspecified atom stereocenters. The van der Waals surface area contributed by atoms with Crippen molar-refractivity contribution in [3.63, 3.8) is 0 Å². The molecular weight excluding hydrogens is 290 g/mol. The van der Waals surface area contributed by atoms with Gasteiger partial charge in [0.2, 0.25) is 10.0 Å². The van der Waals surface area contributed by atoms with Gasteiger partial charge in [-0.25, -0.2) is 8.42 Å². The van der Waals surface area contributed by atoms with Crippen LogP contribution in [-0.4, -0.2) is 37.0 Å². The Kier molecular flexibility index (Phi) is 6.64. The SMILES string of the molecule is CCOc1ccc(S(=O)(=O)N(CC)C(C)CC)cc1CO. The third-order valence-corrected chi connectivity index (χ3v) is 5.59. The fourth-order valence-electron chi connectivity index (χ4n) is 2.19. The van der Waals surface area contributed by atoms with Crippen molar-refractivity contribution in [2.24, 2.45) is 0 Å². The first-order valence-corrected chi connectivity index (χ1v) is 8.74. The molecule has 0 aromatic heterocycles. The zero-order chi connectivity index (χ0) is 16.0. The number of rotatable bonds is 8. The summed E-state index contributed by atoms with van der Waals surface area (Å²) in [5, 5.41) is 9.40. The van der Waals surface area contributed by atoms with Gasteiger partial charge in [-0.1, -0.05) is 13.8 Å². The fraction of sp³-hybridized carbons (Fsp3) is 0.600. The van der Waals surface area contributed by atoms with E-state index in [1.807, 2.05) is 27.7 Å². The Morgan fingerprint density at radius 3 is 2.43 bits per heavy atom. The smallest absolute Gasteiger partial charge is 0.243 e. The Balaban J connectivity index is 3.25. The first-order chi connectivity index (χ1) is 9.92. The minimum Gasteiger partial charge on any atom is -0.494 e. The third-order valence-electron chi connectivity index (χ3n) is 3.50. The third kappa shape index (κ3) is 3.96. The van der Waals surface area contributed by atoms with Gasteiger partial charge in [0.1, 0.15) is 5.75 Å². The molecule has 0 aliphatic heterocycles. The van der Waals surface area contributed by atoms with E-state index >= 15 is 0 Å². The van der Waals surface area contributed by atoms with Crippen molar-refractivity contribution < 1.29 is 18.3 Å². The van der Waals surface area contributed by atoms with Crippen LogP contribution in [0.25, 0.3) is 0 Å². The van der Waals surface area contributed by atoms with Crippen molar-refractivity contribution in [2.45, 2.75) is 51.7 Å². The highest BCUT2D eigenvalue weighted by Crippen LogP contribution is 2.26. The second kappa shape index (κ2) is 7.77. The van der Waals surface area contributed by atoms with Gasteiger partial charge < -0.3 is 9.84 Å². The summed E-state index contributed by atoms with van der Waals surface area (Å²) in [6.45, 7) is 8.14. The molecule has 0 aliphatic rings. The monoisotopic (exact) mass is 315 g/mol. The fourth-order valence-corrected chi connectivity index (χ4v) is 3.96. The number of benzene rings is 1. The van der Waals surface area contributed by atoms with E-state index in [-0.39, 0.29) is 17.5 Å². The molecule has 0 saturated heterocycles. The van der Waals surface area contributed by atoms with Gasteiger partial charge in [0.25, 0.3) is 0 Å². The first-order valence-electron chi connectivity index (χ1n) is 7.30. The highest BCUT2D eigenvalue weighted by atomic mass is 32.2. The van der Waals surface area contributed by atoms with Crippen LogP contribution in [0, 0.1) is 0 Å². The number of ether oxygens (including phenoxy) is 1. The highest BCUT2D eigenvalue weighted by Gasteiger charge is 2.27. The average Bonchev–Trinajstić information content (AvgIpc) is 2.47. The molecule has 0 radical (unpaired) electrons. The number of hydrogen-bond acceptors (Lipinski definition) is 4. The van der Waals surface area contributed by atoms with Gasteiger partial charge in [0, 0.05) is 18.2 Å². The molecule has 1 aromatic rings. The Labute approximate surface area is 127 Å². The second-order valence-corrected chi connectivity index (χ2v) is 6.72. The topological polar surface area (TPSA) is 66.8 Å². The molecule has 0 amide bonds. The van der Waals surface area contributed by atoms with Gasteiger partial charge in [-0.05, 0) is 38.5 Å². The van der Waals surface area contributed by atoms with Crippen LogP contribution in [0.4, 0.5) is 0 Å². The standard InChI is InChI=1S/C15H25NO4S/c1-5-12(4)16(6-2)21(18,19)14-8-9-15(20-7-3)13(10-14)11-17/h8-10,12,17H,5-7,11H2,1-4H3. The minimum absolute atomic E-state index is 0.0656. The molecule has 21 heavy (non-hydrogen) atoms. The zero-order valence-electron chi connectivity index (χ0n) is 13.2. The normalized spacial score (nSPS) is 13.4. The lowest BCUT2D eigenvalue weighted by atomic mass is 10.2. The van der Waals surface area contributed by atoms with Crippen molar-refractivity contribution >= 4 is 10.0 Å². The van der Waals surface area contributed by atoms with Crippen molar-refractivity contribution in [1.29, 1.82) is 0 Å². The summed E-state index contributed by atoms with van der Waals surface area (Å²) in [6, 6.07) is 4.56. The van der Waals surface area contributed by atoms with E-state index in [9.17, 15) is 13.5 Å². The molecule has 1 N–H and O–H groups in total. The first kappa shape index (κ1) is 17.9. The summed E-state index contributed by atoms with van der Waals surface area (Å²) in [7, 11) is -3.56. The summed E-state index contributed by atoms with van der Waals surface area (Å²) < 4.78 is 32.3. The van der Waals surface area contributed by atoms with Gasteiger partial charge in [0.05, 0.1) is 18.1 Å². The van der Waals surface area contributed by atoms with Crippen LogP contribution < -0.4 is 4.74 Å². The molecular formula is C15H25NO4S. The molecule has 0 heterocycles. The van der Waals surface area contributed by atoms with Crippen LogP contribution in [-0.2, 0) is 16.6 Å². The van der Waals surface area contributed by atoms with E-state index in [1.54, 1.807) is 6.07 Å². The Morgan fingerprint density at radius 1 is 1.29 bits per heavy atom. The number of aliphatic hydroxyl groups is 1. The van der Waals surface area contributed by atoms with E-state index in [2.05, 4.69) is 0 Å². The summed E-state index contributed by atoms with van der Waals surface area (Å²) >= 11 is 0. The maximum absolute atomic E-state index is 12.7. The van der Waals surface area contributed by atoms with Crippen molar-refractivity contribution in [3.05, 3.63) is 23.8 Å². The number of hydrogen-bond donors (Lipinski definition) is 1. The maximum Gasteiger partial charge on any atom is 0.243 e. The largest absolute Gasteiger partial charge is 0.494 e. The predicted octanol–water partition coefficient (Wildman–Crippen LogP) is 2.39. The van der Waals surface area contributed by atoms with E-state index in [0.29, 0.717) is 24.5 Å². The van der Waals surface area contributed by atoms with Crippen LogP contribution in [0.15, 0.2) is 23.1 Å². The molecule has 6 heteroatoms. The maximum atomic E-state index is 12.7. The minimum atomic E-state index is -3.56. The summed E-state index contributed by atoms with van der Waals surface area (Å²) in [4.78, 5) is 0.192. The summed E-state index contributed by atoms with van der Waals surface area (Å²) in [5.41, 5.74) is 0.484. The van der Waals surface area contributed by atoms with Crippen LogP contribution in [0.3, 0.4) is 0 Å².